The van der Waals surface area contributed by atoms with E-state index in [1.165, 1.54) is 0 Å². The van der Waals surface area contributed by atoms with Crippen molar-refractivity contribution >= 4 is 0 Å². The van der Waals surface area contributed by atoms with Gasteiger partial charge in [0.15, 0.2) is 0 Å². The highest BCUT2D eigenvalue weighted by Gasteiger charge is 1.50. The summed E-state index contributed by atoms with van der Waals surface area (Å²) in [5.41, 5.74) is 0. The fourth-order valence-electron chi connectivity index (χ4n) is 0.164. The van der Waals surface area contributed by atoms with E-state index < -0.39 is 0 Å². The van der Waals surface area contributed by atoms with Crippen LogP contribution in [0.2, 0.25) is 0 Å². The molecule has 0 spiro atoms. The summed E-state index contributed by atoms with van der Waals surface area (Å²) in [5, 5.41) is 2.82. The van der Waals surface area contributed by atoms with Crippen molar-refractivity contribution in [3.8, 4) is 0 Å². The molecule has 1 heteroatoms. The fourth-order valence-corrected chi connectivity index (χ4v) is 0.164. The van der Waals surface area contributed by atoms with Gasteiger partial charge in [0.1, 0.15) is 0 Å². The third-order valence-electron chi connectivity index (χ3n) is 0.399. The molecule has 0 amide bonds. The second-order valence-corrected chi connectivity index (χ2v) is 0.883. The lowest BCUT2D eigenvalue weighted by atomic mass is 10.6. The quantitative estimate of drug-likeness (QED) is 0.489. The highest BCUT2D eigenvalue weighted by Crippen LogP contribution is 1.61. The molecule has 0 saturated heterocycles. The smallest absolute Gasteiger partial charge is 0.00277 e. The van der Waals surface area contributed by atoms with Crippen molar-refractivity contribution in [3.63, 3.8) is 0 Å². The van der Waals surface area contributed by atoms with Gasteiger partial charge in [-0.15, -0.1) is 0 Å². The van der Waals surface area contributed by atoms with Crippen LogP contribution >= 0.6 is 0 Å². The van der Waals surface area contributed by atoms with Gasteiger partial charge in [-0.2, -0.15) is 0 Å². The number of hydrogen-bond acceptors (Lipinski definition) is 1. The molecule has 0 unspecified atom stereocenters. The fraction of sp³-hybridized carbons (Fsp3) is 0.200. The van der Waals surface area contributed by atoms with Crippen LogP contribution in [0, 0.1) is 0 Å². The van der Waals surface area contributed by atoms with E-state index >= 15 is 0 Å². The lowest BCUT2D eigenvalue weighted by Crippen LogP contribution is -1.89. The first-order valence-corrected chi connectivity index (χ1v) is 1.86. The Balaban J connectivity index is 2.94. The minimum atomic E-state index is 1.72. The molecule has 0 bridgehead atoms. The first-order chi connectivity index (χ1) is 2.91. The summed E-state index contributed by atoms with van der Waals surface area (Å²) in [5.74, 6) is 0. The summed E-state index contributed by atoms with van der Waals surface area (Å²) < 4.78 is 0. The monoisotopic (exact) mass is 83.1 g/mol. The summed E-state index contributed by atoms with van der Waals surface area (Å²) >= 11 is 0. The predicted octanol–water partition coefficient (Wildman–Crippen LogP) is 0.905. The van der Waals surface area contributed by atoms with Crippen molar-refractivity contribution in [2.24, 2.45) is 0 Å². The normalized spacial score (nSPS) is 8.83. The Morgan fingerprint density at radius 1 is 1.67 bits per heavy atom. The summed E-state index contributed by atoms with van der Waals surface area (Å²) in [6.07, 6.45) is 5.36. The molecule has 0 heterocycles. The molecule has 0 aliphatic heterocycles. The van der Waals surface area contributed by atoms with E-state index in [4.69, 9.17) is 0 Å². The number of hydrogen-bond donors (Lipinski definition) is 1. The van der Waals surface area contributed by atoms with E-state index in [0.717, 1.165) is 0 Å². The molecule has 0 aromatic carbocycles. The van der Waals surface area contributed by atoms with E-state index in [1.807, 2.05) is 19.3 Å². The van der Waals surface area contributed by atoms with Crippen LogP contribution in [0.15, 0.2) is 24.9 Å². The van der Waals surface area contributed by atoms with Crippen LogP contribution in [-0.2, 0) is 0 Å². The Kier molecular flexibility index (Phi) is 3.77. The van der Waals surface area contributed by atoms with Crippen molar-refractivity contribution in [1.82, 2.24) is 5.32 Å². The van der Waals surface area contributed by atoms with Gasteiger partial charge in [0.05, 0.1) is 0 Å². The van der Waals surface area contributed by atoms with Crippen molar-refractivity contribution < 1.29 is 0 Å². The van der Waals surface area contributed by atoms with Crippen molar-refractivity contribution in [3.05, 3.63) is 24.9 Å². The highest BCUT2D eigenvalue weighted by atomic mass is 14.8. The largest absolute Gasteiger partial charge is 0.394 e. The lowest BCUT2D eigenvalue weighted by Gasteiger charge is -1.76. The molecule has 1 N–H and O–H groups in total. The average molecular weight is 83.1 g/mol. The van der Waals surface area contributed by atoms with Crippen LogP contribution in [-0.4, -0.2) is 7.05 Å². The first-order valence-electron chi connectivity index (χ1n) is 1.86. The van der Waals surface area contributed by atoms with Gasteiger partial charge in [0.2, 0.25) is 0 Å². The van der Waals surface area contributed by atoms with Gasteiger partial charge in [0.25, 0.3) is 0 Å². The third-order valence-corrected chi connectivity index (χ3v) is 0.399. The molecule has 0 saturated carbocycles. The molecular weight excluding hydrogens is 74.1 g/mol. The Hall–Kier alpha value is -0.720. The topological polar surface area (TPSA) is 12.0 Å². The van der Waals surface area contributed by atoms with Gasteiger partial charge in [0, 0.05) is 7.05 Å². The van der Waals surface area contributed by atoms with E-state index in [9.17, 15) is 0 Å². The van der Waals surface area contributed by atoms with Crippen LogP contribution in [0.25, 0.3) is 0 Å². The zero-order valence-corrected chi connectivity index (χ0v) is 3.94. The maximum atomic E-state index is 3.47. The van der Waals surface area contributed by atoms with Gasteiger partial charge in [-0.1, -0.05) is 12.7 Å². The summed E-state index contributed by atoms with van der Waals surface area (Å²) in [6.45, 7) is 3.47. The molecule has 34 valence electrons. The van der Waals surface area contributed by atoms with E-state index in [0.29, 0.717) is 0 Å². The highest BCUT2D eigenvalue weighted by molar-refractivity contribution is 4.94. The number of rotatable bonds is 2. The molecular formula is C5H9N. The molecule has 0 aromatic heterocycles. The van der Waals surface area contributed by atoms with Crippen LogP contribution in [0.4, 0.5) is 0 Å². The third kappa shape index (κ3) is 3.28. The molecule has 0 aromatic rings. The van der Waals surface area contributed by atoms with E-state index in [2.05, 4.69) is 11.9 Å². The second kappa shape index (κ2) is 4.28. The second-order valence-electron chi connectivity index (χ2n) is 0.883. The molecule has 0 aliphatic rings. The molecule has 0 rings (SSSR count). The Bertz CT molecular complexity index is 55.0. The maximum absolute atomic E-state index is 3.47. The predicted molar refractivity (Wildman–Crippen MR) is 28.4 cm³/mol. The maximum Gasteiger partial charge on any atom is 0.00277 e. The Morgan fingerprint density at radius 2 is 2.33 bits per heavy atom. The van der Waals surface area contributed by atoms with Gasteiger partial charge in [-0.3, -0.25) is 0 Å². The molecule has 0 atom stereocenters. The minimum absolute atomic E-state index is 1.72. The van der Waals surface area contributed by atoms with E-state index in [-0.39, 0.29) is 0 Å². The summed E-state index contributed by atoms with van der Waals surface area (Å²) in [7, 11) is 1.85. The molecule has 0 aliphatic carbocycles. The van der Waals surface area contributed by atoms with Crippen molar-refractivity contribution in [1.29, 1.82) is 0 Å². The first kappa shape index (κ1) is 5.28. The van der Waals surface area contributed by atoms with E-state index in [1.54, 1.807) is 6.08 Å². The van der Waals surface area contributed by atoms with Crippen LogP contribution in [0.1, 0.15) is 0 Å². The molecule has 0 radical (unpaired) electrons. The van der Waals surface area contributed by atoms with Crippen LogP contribution in [0.3, 0.4) is 0 Å². The van der Waals surface area contributed by atoms with Crippen molar-refractivity contribution in [2.45, 2.75) is 0 Å². The summed E-state index contributed by atoms with van der Waals surface area (Å²) in [4.78, 5) is 0. The SMILES string of the molecule is C=C/C=C\NC. The number of nitrogens with one attached hydrogen (secondary N) is 1. The average Bonchev–Trinajstić information content (AvgIpc) is 1.61. The molecule has 6 heavy (non-hydrogen) atoms. The zero-order chi connectivity index (χ0) is 4.83. The lowest BCUT2D eigenvalue weighted by molar-refractivity contribution is 1.10. The zero-order valence-electron chi connectivity index (χ0n) is 3.94. The number of allylic oxidation sites excluding steroid dienone is 2. The standard InChI is InChI=1S/C5H9N/c1-3-4-5-6-2/h3-6H,1H2,2H3/b5-4-. The Labute approximate surface area is 38.4 Å². The Morgan fingerprint density at radius 3 is 2.50 bits per heavy atom. The van der Waals surface area contributed by atoms with Gasteiger partial charge >= 0.3 is 0 Å². The van der Waals surface area contributed by atoms with Gasteiger partial charge in [-0.25, -0.2) is 0 Å². The van der Waals surface area contributed by atoms with Crippen molar-refractivity contribution in [2.75, 3.05) is 7.05 Å². The molecule has 1 nitrogen and oxygen atoms in total. The minimum Gasteiger partial charge on any atom is -0.394 e. The van der Waals surface area contributed by atoms with Gasteiger partial charge < -0.3 is 5.32 Å². The van der Waals surface area contributed by atoms with Crippen LogP contribution in [0.5, 0.6) is 0 Å². The summed E-state index contributed by atoms with van der Waals surface area (Å²) in [6, 6.07) is 0. The van der Waals surface area contributed by atoms with Gasteiger partial charge in [-0.05, 0) is 12.3 Å². The van der Waals surface area contributed by atoms with Crippen LogP contribution < -0.4 is 5.32 Å². The molecule has 0 fully saturated rings.